The molecule has 0 unspecified atom stereocenters. The van der Waals surface area contributed by atoms with Crippen molar-refractivity contribution >= 4 is 12.2 Å². The van der Waals surface area contributed by atoms with E-state index in [9.17, 15) is 9.59 Å². The van der Waals surface area contributed by atoms with Gasteiger partial charge in [-0.25, -0.2) is 9.59 Å². The fraction of sp³-hybridized carbons (Fsp3) is 0.455. The molecule has 0 radical (unpaired) electrons. The van der Waals surface area contributed by atoms with Gasteiger partial charge in [-0.3, -0.25) is 0 Å². The van der Waals surface area contributed by atoms with Crippen molar-refractivity contribution in [2.75, 3.05) is 13.2 Å². The second-order valence-corrected chi connectivity index (χ2v) is 3.49. The van der Waals surface area contributed by atoms with Crippen LogP contribution in [0.2, 0.25) is 0 Å². The molecule has 0 bridgehead atoms. The van der Waals surface area contributed by atoms with Crippen LogP contribution in [0.25, 0.3) is 0 Å². The van der Waals surface area contributed by atoms with Gasteiger partial charge in [-0.2, -0.15) is 0 Å². The molecule has 0 heterocycles. The quantitative estimate of drug-likeness (QED) is 0.687. The van der Waals surface area contributed by atoms with Crippen LogP contribution in [0, 0.1) is 0 Å². The maximum atomic E-state index is 11.1. The van der Waals surface area contributed by atoms with E-state index in [4.69, 9.17) is 10.5 Å². The molecule has 96 valence electrons. The van der Waals surface area contributed by atoms with E-state index < -0.39 is 12.2 Å². The van der Waals surface area contributed by atoms with Gasteiger partial charge in [-0.1, -0.05) is 12.7 Å². The topological polar surface area (TPSA) is 90.7 Å². The van der Waals surface area contributed by atoms with Crippen LogP contribution in [0.3, 0.4) is 0 Å². The van der Waals surface area contributed by atoms with E-state index in [0.717, 1.165) is 0 Å². The lowest BCUT2D eigenvalue weighted by Crippen LogP contribution is -2.30. The Bertz CT molecular complexity index is 311. The zero-order valence-corrected chi connectivity index (χ0v) is 10.1. The molecule has 0 aromatic carbocycles. The molecule has 0 rings (SSSR count). The number of primary amides is 1. The highest BCUT2D eigenvalue weighted by Gasteiger charge is 2.02. The molecule has 0 saturated carbocycles. The number of rotatable bonds is 6. The van der Waals surface area contributed by atoms with Gasteiger partial charge in [-0.05, 0) is 25.5 Å². The van der Waals surface area contributed by atoms with Gasteiger partial charge in [-0.15, -0.1) is 0 Å². The third-order valence-electron chi connectivity index (χ3n) is 1.61. The van der Waals surface area contributed by atoms with Gasteiger partial charge in [0.25, 0.3) is 0 Å². The normalized spacial score (nSPS) is 10.9. The van der Waals surface area contributed by atoms with Crippen LogP contribution in [-0.2, 0) is 9.47 Å². The number of carbonyl (C=O) groups is 2. The zero-order chi connectivity index (χ0) is 13.3. The van der Waals surface area contributed by atoms with Gasteiger partial charge < -0.3 is 20.5 Å². The first-order valence-corrected chi connectivity index (χ1v) is 5.12. The molecular weight excluding hydrogens is 224 g/mol. The summed E-state index contributed by atoms with van der Waals surface area (Å²) in [4.78, 5) is 21.5. The SMILES string of the molecule is C=C/C(=C/COC(=O)NC(C)C)COC(N)=O. The first-order chi connectivity index (χ1) is 7.95. The highest BCUT2D eigenvalue weighted by molar-refractivity contribution is 5.67. The van der Waals surface area contributed by atoms with E-state index in [1.54, 1.807) is 6.08 Å². The standard InChI is InChI=1S/C11H18N2O4/c1-4-9(7-17-10(12)14)5-6-16-11(15)13-8(2)3/h4-5,8H,1,6-7H2,2-3H3,(H2,12,14)(H,13,15)/b9-5-. The van der Waals surface area contributed by atoms with Crippen LogP contribution in [0.5, 0.6) is 0 Å². The molecule has 3 N–H and O–H groups in total. The van der Waals surface area contributed by atoms with Crippen molar-refractivity contribution < 1.29 is 19.1 Å². The largest absolute Gasteiger partial charge is 0.445 e. The molecule has 0 atom stereocenters. The second-order valence-electron chi connectivity index (χ2n) is 3.49. The Morgan fingerprint density at radius 1 is 1.41 bits per heavy atom. The van der Waals surface area contributed by atoms with Crippen LogP contribution in [0.15, 0.2) is 24.3 Å². The lowest BCUT2D eigenvalue weighted by molar-refractivity contribution is 0.154. The Morgan fingerprint density at radius 2 is 2.06 bits per heavy atom. The third kappa shape index (κ3) is 8.98. The fourth-order valence-electron chi connectivity index (χ4n) is 0.857. The van der Waals surface area contributed by atoms with Gasteiger partial charge in [0.2, 0.25) is 0 Å². The summed E-state index contributed by atoms with van der Waals surface area (Å²) in [6, 6.07) is 0.0172. The molecule has 0 aliphatic rings. The molecule has 0 aromatic heterocycles. The van der Waals surface area contributed by atoms with E-state index in [1.165, 1.54) is 6.08 Å². The van der Waals surface area contributed by atoms with Crippen molar-refractivity contribution in [1.82, 2.24) is 5.32 Å². The number of alkyl carbamates (subject to hydrolysis) is 1. The second kappa shape index (κ2) is 8.20. The molecule has 6 nitrogen and oxygen atoms in total. The number of ether oxygens (including phenoxy) is 2. The molecule has 6 heteroatoms. The smallest absolute Gasteiger partial charge is 0.407 e. The maximum absolute atomic E-state index is 11.1. The molecule has 17 heavy (non-hydrogen) atoms. The van der Waals surface area contributed by atoms with Gasteiger partial charge in [0, 0.05) is 6.04 Å². The lowest BCUT2D eigenvalue weighted by atomic mass is 10.2. The predicted molar refractivity (Wildman–Crippen MR) is 63.4 cm³/mol. The van der Waals surface area contributed by atoms with Crippen molar-refractivity contribution in [3.63, 3.8) is 0 Å². The summed E-state index contributed by atoms with van der Waals surface area (Å²) in [5, 5.41) is 2.56. The Labute approximate surface area is 100 Å². The first-order valence-electron chi connectivity index (χ1n) is 5.12. The maximum Gasteiger partial charge on any atom is 0.407 e. The van der Waals surface area contributed by atoms with Crippen molar-refractivity contribution in [1.29, 1.82) is 0 Å². The number of nitrogens with one attached hydrogen (secondary N) is 1. The van der Waals surface area contributed by atoms with Crippen LogP contribution in [-0.4, -0.2) is 31.4 Å². The summed E-state index contributed by atoms with van der Waals surface area (Å²) in [7, 11) is 0. The molecule has 0 aliphatic carbocycles. The van der Waals surface area contributed by atoms with Crippen molar-refractivity contribution in [2.24, 2.45) is 5.73 Å². The monoisotopic (exact) mass is 242 g/mol. The summed E-state index contributed by atoms with van der Waals surface area (Å²) in [6.45, 7) is 7.26. The van der Waals surface area contributed by atoms with Crippen LogP contribution in [0.1, 0.15) is 13.8 Å². The fourth-order valence-corrected chi connectivity index (χ4v) is 0.857. The molecule has 0 fully saturated rings. The Balaban J connectivity index is 3.97. The Kier molecular flexibility index (Phi) is 7.25. The van der Waals surface area contributed by atoms with E-state index in [2.05, 4.69) is 16.6 Å². The minimum atomic E-state index is -0.865. The third-order valence-corrected chi connectivity index (χ3v) is 1.61. The van der Waals surface area contributed by atoms with Gasteiger partial charge >= 0.3 is 12.2 Å². The van der Waals surface area contributed by atoms with Gasteiger partial charge in [0.15, 0.2) is 0 Å². The average molecular weight is 242 g/mol. The summed E-state index contributed by atoms with van der Waals surface area (Å²) in [5.74, 6) is 0. The number of nitrogens with two attached hydrogens (primary N) is 1. The summed E-state index contributed by atoms with van der Waals surface area (Å²) >= 11 is 0. The molecule has 0 aliphatic heterocycles. The molecule has 0 aromatic rings. The summed E-state index contributed by atoms with van der Waals surface area (Å²) < 4.78 is 9.41. The highest BCUT2D eigenvalue weighted by atomic mass is 16.6. The average Bonchev–Trinajstić information content (AvgIpc) is 2.21. The van der Waals surface area contributed by atoms with Crippen LogP contribution in [0.4, 0.5) is 9.59 Å². The summed E-state index contributed by atoms with van der Waals surface area (Å²) in [6.07, 6.45) is 1.70. The zero-order valence-electron chi connectivity index (χ0n) is 10.1. The minimum absolute atomic E-state index is 0.00793. The summed E-state index contributed by atoms with van der Waals surface area (Å²) in [5.41, 5.74) is 5.42. The highest BCUT2D eigenvalue weighted by Crippen LogP contribution is 1.97. The Hall–Kier alpha value is -1.98. The predicted octanol–water partition coefficient (Wildman–Crippen LogP) is 1.33. The minimum Gasteiger partial charge on any atom is -0.445 e. The van der Waals surface area contributed by atoms with Crippen LogP contribution >= 0.6 is 0 Å². The molecule has 0 saturated heterocycles. The van der Waals surface area contributed by atoms with Crippen molar-refractivity contribution in [2.45, 2.75) is 19.9 Å². The number of hydrogen-bond donors (Lipinski definition) is 2. The molecule has 2 amide bonds. The van der Waals surface area contributed by atoms with Crippen molar-refractivity contribution in [3.8, 4) is 0 Å². The molecule has 0 spiro atoms. The Morgan fingerprint density at radius 3 is 2.53 bits per heavy atom. The van der Waals surface area contributed by atoms with E-state index >= 15 is 0 Å². The first kappa shape index (κ1) is 15.0. The number of amides is 2. The van der Waals surface area contributed by atoms with Crippen molar-refractivity contribution in [3.05, 3.63) is 24.3 Å². The van der Waals surface area contributed by atoms with Crippen LogP contribution < -0.4 is 11.1 Å². The van der Waals surface area contributed by atoms with E-state index in [0.29, 0.717) is 5.57 Å². The van der Waals surface area contributed by atoms with E-state index in [1.807, 2.05) is 13.8 Å². The number of carbonyl (C=O) groups excluding carboxylic acids is 2. The lowest BCUT2D eigenvalue weighted by Gasteiger charge is -2.08. The molecular formula is C11H18N2O4. The van der Waals surface area contributed by atoms with E-state index in [-0.39, 0.29) is 19.3 Å². The van der Waals surface area contributed by atoms with Gasteiger partial charge in [0.05, 0.1) is 0 Å². The number of hydrogen-bond acceptors (Lipinski definition) is 4. The van der Waals surface area contributed by atoms with Gasteiger partial charge in [0.1, 0.15) is 13.2 Å².